The Kier molecular flexibility index (Phi) is 4.48. The molecule has 0 saturated heterocycles. The van der Waals surface area contributed by atoms with E-state index in [0.29, 0.717) is 12.4 Å². The quantitative estimate of drug-likeness (QED) is 0.541. The van der Waals surface area contributed by atoms with Gasteiger partial charge in [-0.2, -0.15) is 5.10 Å². The van der Waals surface area contributed by atoms with Gasteiger partial charge in [0.2, 0.25) is 5.91 Å². The van der Waals surface area contributed by atoms with Crippen LogP contribution in [0.15, 0.2) is 66.0 Å². The monoisotopic (exact) mass is 363 g/mol. The molecule has 0 unspecified atom stereocenters. The highest BCUT2D eigenvalue weighted by Gasteiger charge is 2.07. The Balaban J connectivity index is 1.37. The first-order chi connectivity index (χ1) is 13.2. The predicted molar refractivity (Wildman–Crippen MR) is 98.4 cm³/mol. The molecule has 136 valence electrons. The van der Waals surface area contributed by atoms with E-state index < -0.39 is 0 Å². The zero-order chi connectivity index (χ0) is 18.6. The molecule has 0 radical (unpaired) electrons. The van der Waals surface area contributed by atoms with Crippen LogP contribution in [0.1, 0.15) is 0 Å². The number of carbonyl (C=O) groups excluding carboxylic acids is 1. The minimum Gasteiger partial charge on any atom is -0.353 e. The Bertz CT molecular complexity index is 1130. The molecule has 3 aromatic heterocycles. The van der Waals surface area contributed by atoms with Crippen molar-refractivity contribution in [2.75, 3.05) is 6.54 Å². The summed E-state index contributed by atoms with van der Waals surface area (Å²) in [6.45, 7) is 0.724. The molecule has 0 aliphatic carbocycles. The van der Waals surface area contributed by atoms with Gasteiger partial charge in [-0.1, -0.05) is 12.1 Å². The van der Waals surface area contributed by atoms with Gasteiger partial charge < -0.3 is 9.88 Å². The second-order valence-electron chi connectivity index (χ2n) is 5.91. The Morgan fingerprint density at radius 2 is 2.00 bits per heavy atom. The van der Waals surface area contributed by atoms with Gasteiger partial charge in [0.25, 0.3) is 5.56 Å². The molecule has 0 bridgehead atoms. The van der Waals surface area contributed by atoms with E-state index in [1.807, 2.05) is 24.3 Å². The Hall–Kier alpha value is -3.75. The second-order valence-corrected chi connectivity index (χ2v) is 5.91. The number of amides is 1. The zero-order valence-electron chi connectivity index (χ0n) is 14.4. The van der Waals surface area contributed by atoms with Crippen molar-refractivity contribution in [1.29, 1.82) is 0 Å². The molecule has 1 aromatic carbocycles. The fourth-order valence-electron chi connectivity index (χ4n) is 2.77. The van der Waals surface area contributed by atoms with Gasteiger partial charge in [0.15, 0.2) is 5.82 Å². The summed E-state index contributed by atoms with van der Waals surface area (Å²) in [6, 6.07) is 12.4. The Morgan fingerprint density at radius 3 is 2.85 bits per heavy atom. The molecule has 0 saturated carbocycles. The van der Waals surface area contributed by atoms with Gasteiger partial charge in [0.1, 0.15) is 6.54 Å². The van der Waals surface area contributed by atoms with Gasteiger partial charge >= 0.3 is 0 Å². The van der Waals surface area contributed by atoms with Crippen molar-refractivity contribution in [2.24, 2.45) is 0 Å². The fourth-order valence-corrected chi connectivity index (χ4v) is 2.77. The molecule has 3 heterocycles. The van der Waals surface area contributed by atoms with Crippen molar-refractivity contribution in [3.05, 3.63) is 71.5 Å². The number of fused-ring (bicyclic) bond motifs is 1. The van der Waals surface area contributed by atoms with Crippen LogP contribution < -0.4 is 10.9 Å². The van der Waals surface area contributed by atoms with Gasteiger partial charge in [0, 0.05) is 25.0 Å². The summed E-state index contributed by atoms with van der Waals surface area (Å²) in [5.41, 5.74) is 1.51. The molecule has 27 heavy (non-hydrogen) atoms. The number of nitrogens with one attached hydrogen (secondary N) is 1. The molecule has 1 N–H and O–H groups in total. The fraction of sp³-hybridized carbons (Fsp3) is 0.167. The normalized spacial score (nSPS) is 11.0. The SMILES string of the molecule is O=C(Cn1cnc2ccccc21)NCCn1nc(-n2cccn2)ccc1=O. The zero-order valence-corrected chi connectivity index (χ0v) is 14.4. The molecule has 0 aliphatic heterocycles. The second kappa shape index (κ2) is 7.24. The number of carbonyl (C=O) groups is 1. The minimum absolute atomic E-state index is 0.158. The lowest BCUT2D eigenvalue weighted by Crippen LogP contribution is -2.33. The van der Waals surface area contributed by atoms with Gasteiger partial charge in [-0.25, -0.2) is 14.3 Å². The van der Waals surface area contributed by atoms with Crippen molar-refractivity contribution in [1.82, 2.24) is 34.4 Å². The largest absolute Gasteiger partial charge is 0.353 e. The first kappa shape index (κ1) is 16.7. The van der Waals surface area contributed by atoms with E-state index in [-0.39, 0.29) is 24.6 Å². The molecule has 1 amide bonds. The van der Waals surface area contributed by atoms with Crippen molar-refractivity contribution in [2.45, 2.75) is 13.1 Å². The van der Waals surface area contributed by atoms with Crippen LogP contribution in [0, 0.1) is 0 Å². The lowest BCUT2D eigenvalue weighted by molar-refractivity contribution is -0.121. The third-order valence-electron chi connectivity index (χ3n) is 4.08. The van der Waals surface area contributed by atoms with E-state index in [1.165, 1.54) is 10.7 Å². The number of para-hydroxylation sites is 2. The highest BCUT2D eigenvalue weighted by molar-refractivity contribution is 5.80. The summed E-state index contributed by atoms with van der Waals surface area (Å²) in [5.74, 6) is 0.380. The summed E-state index contributed by atoms with van der Waals surface area (Å²) < 4.78 is 4.66. The molecule has 0 atom stereocenters. The van der Waals surface area contributed by atoms with Crippen molar-refractivity contribution in [3.8, 4) is 5.82 Å². The predicted octanol–water partition coefficient (Wildman–Crippen LogP) is 0.595. The van der Waals surface area contributed by atoms with E-state index >= 15 is 0 Å². The maximum Gasteiger partial charge on any atom is 0.266 e. The molecular formula is C18H17N7O2. The van der Waals surface area contributed by atoms with Gasteiger partial charge in [0.05, 0.1) is 23.9 Å². The van der Waals surface area contributed by atoms with Crippen molar-refractivity contribution >= 4 is 16.9 Å². The highest BCUT2D eigenvalue weighted by atomic mass is 16.2. The standard InChI is InChI=1S/C18H17N7O2/c26-17(12-23-13-20-14-4-1-2-5-15(14)23)19-9-11-25-18(27)7-6-16(22-25)24-10-3-8-21-24/h1-8,10,13H,9,11-12H2,(H,19,26). The summed E-state index contributed by atoms with van der Waals surface area (Å²) in [7, 11) is 0. The lowest BCUT2D eigenvalue weighted by atomic mass is 10.3. The highest BCUT2D eigenvalue weighted by Crippen LogP contribution is 2.11. The van der Waals surface area contributed by atoms with Crippen molar-refractivity contribution in [3.63, 3.8) is 0 Å². The van der Waals surface area contributed by atoms with E-state index in [1.54, 1.807) is 40.1 Å². The average molecular weight is 363 g/mol. The van der Waals surface area contributed by atoms with Gasteiger partial charge in [-0.15, -0.1) is 5.10 Å². The van der Waals surface area contributed by atoms with E-state index in [0.717, 1.165) is 11.0 Å². The van der Waals surface area contributed by atoms with Crippen LogP contribution in [0.25, 0.3) is 16.9 Å². The minimum atomic E-state index is -0.235. The maximum atomic E-state index is 12.2. The molecule has 4 rings (SSSR count). The van der Waals surface area contributed by atoms with Gasteiger partial charge in [-0.3, -0.25) is 9.59 Å². The summed E-state index contributed by atoms with van der Waals surface area (Å²) in [5, 5.41) is 11.2. The smallest absolute Gasteiger partial charge is 0.266 e. The molecule has 0 fully saturated rings. The summed E-state index contributed by atoms with van der Waals surface area (Å²) in [6.07, 6.45) is 5.02. The Labute approximate surface area is 153 Å². The maximum absolute atomic E-state index is 12.2. The van der Waals surface area contributed by atoms with Crippen LogP contribution in [0.4, 0.5) is 0 Å². The van der Waals surface area contributed by atoms with Crippen LogP contribution in [0.5, 0.6) is 0 Å². The number of rotatable bonds is 6. The third kappa shape index (κ3) is 3.61. The van der Waals surface area contributed by atoms with Crippen molar-refractivity contribution < 1.29 is 4.79 Å². The van der Waals surface area contributed by atoms with Crippen LogP contribution in [0.3, 0.4) is 0 Å². The number of aromatic nitrogens is 6. The number of imidazole rings is 1. The van der Waals surface area contributed by atoms with E-state index in [4.69, 9.17) is 0 Å². The lowest BCUT2D eigenvalue weighted by Gasteiger charge is -2.09. The first-order valence-electron chi connectivity index (χ1n) is 8.45. The summed E-state index contributed by atoms with van der Waals surface area (Å²) in [4.78, 5) is 28.4. The van der Waals surface area contributed by atoms with E-state index in [2.05, 4.69) is 20.5 Å². The first-order valence-corrected chi connectivity index (χ1v) is 8.45. The molecule has 9 heteroatoms. The number of nitrogens with zero attached hydrogens (tertiary/aromatic N) is 6. The Morgan fingerprint density at radius 1 is 1.11 bits per heavy atom. The van der Waals surface area contributed by atoms with Crippen LogP contribution in [-0.4, -0.2) is 41.6 Å². The molecule has 9 nitrogen and oxygen atoms in total. The van der Waals surface area contributed by atoms with Crippen LogP contribution in [-0.2, 0) is 17.9 Å². The third-order valence-corrected chi connectivity index (χ3v) is 4.08. The molecular weight excluding hydrogens is 346 g/mol. The topological polar surface area (TPSA) is 99.6 Å². The van der Waals surface area contributed by atoms with E-state index in [9.17, 15) is 9.59 Å². The molecule has 4 aromatic rings. The molecule has 0 spiro atoms. The van der Waals surface area contributed by atoms with Crippen LogP contribution >= 0.6 is 0 Å². The average Bonchev–Trinajstić information content (AvgIpc) is 3.34. The molecule has 0 aliphatic rings. The van der Waals surface area contributed by atoms with Crippen LogP contribution in [0.2, 0.25) is 0 Å². The summed E-state index contributed by atoms with van der Waals surface area (Å²) >= 11 is 0. The number of benzene rings is 1. The van der Waals surface area contributed by atoms with Gasteiger partial charge in [-0.05, 0) is 24.3 Å². The number of hydrogen-bond acceptors (Lipinski definition) is 5. The number of hydrogen-bond donors (Lipinski definition) is 1.